The molecule has 0 N–H and O–H groups in total. The van der Waals surface area contributed by atoms with Crippen LogP contribution >= 0.6 is 0 Å². The Hall–Kier alpha value is -1.51. The highest BCUT2D eigenvalue weighted by Crippen LogP contribution is 2.27. The van der Waals surface area contributed by atoms with E-state index in [9.17, 15) is 0 Å². The maximum Gasteiger partial charge on any atom is 0.188 e. The number of nitrogens with zero attached hydrogens (tertiary/aromatic N) is 1. The molecule has 1 aromatic carbocycles. The van der Waals surface area contributed by atoms with Gasteiger partial charge in [0.15, 0.2) is 5.90 Å². The molecule has 0 bridgehead atoms. The van der Waals surface area contributed by atoms with Gasteiger partial charge in [0.2, 0.25) is 0 Å². The summed E-state index contributed by atoms with van der Waals surface area (Å²) in [5.41, 5.74) is 0.840. The molecule has 3 heteroatoms. The van der Waals surface area contributed by atoms with Crippen LogP contribution in [-0.2, 0) is 4.74 Å². The molecule has 0 aromatic heterocycles. The van der Waals surface area contributed by atoms with E-state index in [1.165, 1.54) is 0 Å². The van der Waals surface area contributed by atoms with E-state index in [2.05, 4.69) is 4.99 Å². The largest absolute Gasteiger partial charge is 0.494 e. The highest BCUT2D eigenvalue weighted by molar-refractivity contribution is 5.81. The van der Waals surface area contributed by atoms with Crippen molar-refractivity contribution < 1.29 is 9.47 Å². The molecule has 0 amide bonds. The Bertz CT molecular complexity index is 339. The zero-order valence-electron chi connectivity index (χ0n) is 8.19. The minimum absolute atomic E-state index is 0.786. The average Bonchev–Trinajstić information content (AvgIpc) is 2.71. The van der Waals surface area contributed by atoms with Gasteiger partial charge in [0.05, 0.1) is 13.7 Å². The number of hydrogen-bond acceptors (Lipinski definition) is 3. The highest BCUT2D eigenvalue weighted by atomic mass is 16.5. The summed E-state index contributed by atoms with van der Waals surface area (Å²) in [6.45, 7) is 0.786. The van der Waals surface area contributed by atoms with Gasteiger partial charge < -0.3 is 9.47 Å². The monoisotopic (exact) mass is 191 g/mol. The molecule has 14 heavy (non-hydrogen) atoms. The van der Waals surface area contributed by atoms with E-state index in [1.54, 1.807) is 7.11 Å². The summed E-state index contributed by atoms with van der Waals surface area (Å²) in [5, 5.41) is 0. The molecule has 0 aliphatic carbocycles. The molecule has 1 aliphatic heterocycles. The van der Waals surface area contributed by atoms with E-state index in [4.69, 9.17) is 9.47 Å². The SMILES string of the molecule is COc1ccccc1N=C1CCCO1. The summed E-state index contributed by atoms with van der Waals surface area (Å²) in [5.74, 6) is 1.60. The van der Waals surface area contributed by atoms with E-state index in [-0.39, 0.29) is 0 Å². The first kappa shape index (κ1) is 9.06. The summed E-state index contributed by atoms with van der Waals surface area (Å²) in [6.07, 6.45) is 1.99. The zero-order valence-corrected chi connectivity index (χ0v) is 8.19. The molecule has 1 heterocycles. The maximum atomic E-state index is 5.35. The quantitative estimate of drug-likeness (QED) is 0.719. The van der Waals surface area contributed by atoms with Crippen molar-refractivity contribution in [3.8, 4) is 5.75 Å². The normalized spacial score (nSPS) is 18.2. The molecule has 0 radical (unpaired) electrons. The lowest BCUT2D eigenvalue weighted by Gasteiger charge is -2.04. The van der Waals surface area contributed by atoms with Gasteiger partial charge in [-0.1, -0.05) is 12.1 Å². The van der Waals surface area contributed by atoms with Crippen molar-refractivity contribution in [3.05, 3.63) is 24.3 Å². The van der Waals surface area contributed by atoms with Crippen LogP contribution in [0.2, 0.25) is 0 Å². The van der Waals surface area contributed by atoms with E-state index >= 15 is 0 Å². The summed E-state index contributed by atoms with van der Waals surface area (Å²) in [7, 11) is 1.65. The van der Waals surface area contributed by atoms with Gasteiger partial charge in [-0.25, -0.2) is 4.99 Å². The van der Waals surface area contributed by atoms with Crippen LogP contribution in [0.5, 0.6) is 5.75 Å². The fourth-order valence-corrected chi connectivity index (χ4v) is 1.43. The first-order chi connectivity index (χ1) is 6.90. The second-order valence-corrected chi connectivity index (χ2v) is 3.13. The van der Waals surface area contributed by atoms with Crippen molar-refractivity contribution in [2.45, 2.75) is 12.8 Å². The van der Waals surface area contributed by atoms with Gasteiger partial charge in [-0.15, -0.1) is 0 Å². The lowest BCUT2D eigenvalue weighted by atomic mass is 10.3. The van der Waals surface area contributed by atoms with Crippen LogP contribution < -0.4 is 4.74 Å². The zero-order chi connectivity index (χ0) is 9.80. The number of hydrogen-bond donors (Lipinski definition) is 0. The Labute approximate surface area is 83.4 Å². The third kappa shape index (κ3) is 1.87. The van der Waals surface area contributed by atoms with Crippen molar-refractivity contribution >= 4 is 11.6 Å². The highest BCUT2D eigenvalue weighted by Gasteiger charge is 2.10. The molecule has 0 spiro atoms. The Morgan fingerprint density at radius 2 is 2.21 bits per heavy atom. The van der Waals surface area contributed by atoms with Crippen LogP contribution in [0.3, 0.4) is 0 Å². The third-order valence-corrected chi connectivity index (χ3v) is 2.13. The number of benzene rings is 1. The summed E-state index contributed by atoms with van der Waals surface area (Å²) in [4.78, 5) is 4.40. The van der Waals surface area contributed by atoms with Crippen LogP contribution in [0.15, 0.2) is 29.3 Å². The molecule has 0 unspecified atom stereocenters. The molecular formula is C11H13NO2. The molecule has 1 aliphatic rings. The standard InChI is InChI=1S/C11H13NO2/c1-13-10-6-3-2-5-9(10)12-11-7-4-8-14-11/h2-3,5-6H,4,7-8H2,1H3. The first-order valence-corrected chi connectivity index (χ1v) is 4.73. The lowest BCUT2D eigenvalue weighted by molar-refractivity contribution is 0.343. The van der Waals surface area contributed by atoms with Gasteiger partial charge in [0.25, 0.3) is 0 Å². The summed E-state index contributed by atoms with van der Waals surface area (Å²) >= 11 is 0. The Balaban J connectivity index is 2.26. The Morgan fingerprint density at radius 1 is 1.36 bits per heavy atom. The van der Waals surface area contributed by atoms with Crippen LogP contribution in [0.4, 0.5) is 5.69 Å². The van der Waals surface area contributed by atoms with Crippen LogP contribution in [-0.4, -0.2) is 19.6 Å². The number of aliphatic imine (C=N–C) groups is 1. The number of ether oxygens (including phenoxy) is 2. The molecule has 2 rings (SSSR count). The van der Waals surface area contributed by atoms with Crippen molar-refractivity contribution in [1.82, 2.24) is 0 Å². The minimum Gasteiger partial charge on any atom is -0.494 e. The van der Waals surface area contributed by atoms with Gasteiger partial charge in [0.1, 0.15) is 11.4 Å². The maximum absolute atomic E-state index is 5.35. The number of rotatable bonds is 2. The van der Waals surface area contributed by atoms with Crippen LogP contribution in [0, 0.1) is 0 Å². The fraction of sp³-hybridized carbons (Fsp3) is 0.364. The first-order valence-electron chi connectivity index (χ1n) is 4.73. The molecule has 1 fully saturated rings. The molecule has 74 valence electrons. The number of para-hydroxylation sites is 2. The van der Waals surface area contributed by atoms with Gasteiger partial charge in [-0.3, -0.25) is 0 Å². The molecule has 1 aromatic rings. The van der Waals surface area contributed by atoms with E-state index in [0.29, 0.717) is 0 Å². The van der Waals surface area contributed by atoms with Gasteiger partial charge in [-0.2, -0.15) is 0 Å². The summed E-state index contributed by atoms with van der Waals surface area (Å²) < 4.78 is 10.5. The van der Waals surface area contributed by atoms with Crippen LogP contribution in [0.1, 0.15) is 12.8 Å². The Morgan fingerprint density at radius 3 is 2.93 bits per heavy atom. The summed E-state index contributed by atoms with van der Waals surface area (Å²) in [6, 6.07) is 7.69. The average molecular weight is 191 g/mol. The smallest absolute Gasteiger partial charge is 0.188 e. The predicted molar refractivity (Wildman–Crippen MR) is 55.3 cm³/mol. The second-order valence-electron chi connectivity index (χ2n) is 3.13. The van der Waals surface area contributed by atoms with Gasteiger partial charge >= 0.3 is 0 Å². The van der Waals surface area contributed by atoms with Gasteiger partial charge in [-0.05, 0) is 18.6 Å². The number of methoxy groups -OCH3 is 1. The van der Waals surface area contributed by atoms with E-state index < -0.39 is 0 Å². The molecule has 0 atom stereocenters. The molecule has 1 saturated heterocycles. The third-order valence-electron chi connectivity index (χ3n) is 2.13. The van der Waals surface area contributed by atoms with Crippen molar-refractivity contribution in [2.24, 2.45) is 4.99 Å². The fourth-order valence-electron chi connectivity index (χ4n) is 1.43. The lowest BCUT2D eigenvalue weighted by Crippen LogP contribution is -1.92. The molecule has 0 saturated carbocycles. The second kappa shape index (κ2) is 4.13. The van der Waals surface area contributed by atoms with Gasteiger partial charge in [0, 0.05) is 6.42 Å². The Kier molecular flexibility index (Phi) is 2.68. The molecule has 3 nitrogen and oxygen atoms in total. The van der Waals surface area contributed by atoms with Crippen molar-refractivity contribution in [1.29, 1.82) is 0 Å². The van der Waals surface area contributed by atoms with E-state index in [1.807, 2.05) is 24.3 Å². The predicted octanol–water partition coefficient (Wildman–Crippen LogP) is 2.54. The van der Waals surface area contributed by atoms with Crippen molar-refractivity contribution in [3.63, 3.8) is 0 Å². The van der Waals surface area contributed by atoms with Crippen LogP contribution in [0.25, 0.3) is 0 Å². The van der Waals surface area contributed by atoms with Crippen molar-refractivity contribution in [2.75, 3.05) is 13.7 Å². The molecular weight excluding hydrogens is 178 g/mol. The van der Waals surface area contributed by atoms with E-state index in [0.717, 1.165) is 36.8 Å². The minimum atomic E-state index is 0.786. The topological polar surface area (TPSA) is 30.8 Å².